The van der Waals surface area contributed by atoms with Crippen LogP contribution in [0.5, 0.6) is 0 Å². The number of ether oxygens (including phenoxy) is 1. The van der Waals surface area contributed by atoms with Gasteiger partial charge in [-0.05, 0) is 38.1 Å². The van der Waals surface area contributed by atoms with E-state index in [1.54, 1.807) is 47.6 Å². The Bertz CT molecular complexity index is 1330. The van der Waals surface area contributed by atoms with Gasteiger partial charge in [-0.25, -0.2) is 9.48 Å². The zero-order valence-electron chi connectivity index (χ0n) is 16.9. The Balaban J connectivity index is 1.67. The van der Waals surface area contributed by atoms with E-state index in [9.17, 15) is 15.3 Å². The number of para-hydroxylation sites is 1. The summed E-state index contributed by atoms with van der Waals surface area (Å²) in [5.74, 6) is -0.183. The van der Waals surface area contributed by atoms with E-state index < -0.39 is 5.97 Å². The molecule has 0 unspecified atom stereocenters. The number of aryl methyl sites for hydroxylation is 2. The molecule has 31 heavy (non-hydrogen) atoms. The van der Waals surface area contributed by atoms with Crippen molar-refractivity contribution in [3.8, 4) is 23.7 Å². The van der Waals surface area contributed by atoms with E-state index in [1.807, 2.05) is 36.4 Å². The Hall–Kier alpha value is -4.56. The van der Waals surface area contributed by atoms with Crippen molar-refractivity contribution in [3.63, 3.8) is 0 Å². The van der Waals surface area contributed by atoms with Crippen LogP contribution in [0.1, 0.15) is 38.6 Å². The number of benzene rings is 1. The molecular weight excluding hydrogens is 394 g/mol. The molecular formula is C23H17N5O3. The van der Waals surface area contributed by atoms with E-state index in [0.29, 0.717) is 17.0 Å². The van der Waals surface area contributed by atoms with Gasteiger partial charge in [0.2, 0.25) is 5.88 Å². The minimum atomic E-state index is -0.710. The Morgan fingerprint density at radius 3 is 2.39 bits per heavy atom. The van der Waals surface area contributed by atoms with Gasteiger partial charge in [-0.2, -0.15) is 15.6 Å². The third kappa shape index (κ3) is 3.47. The molecule has 0 N–H and O–H groups in total. The molecule has 0 saturated carbocycles. The minimum absolute atomic E-state index is 0.0622. The summed E-state index contributed by atoms with van der Waals surface area (Å²) in [4.78, 5) is 12.9. The highest BCUT2D eigenvalue weighted by Crippen LogP contribution is 2.27. The van der Waals surface area contributed by atoms with Crippen LogP contribution in [0.2, 0.25) is 0 Å². The fraction of sp³-hybridized carbons (Fsp3) is 0.130. The number of nitriles is 2. The van der Waals surface area contributed by atoms with Crippen molar-refractivity contribution in [1.82, 2.24) is 14.3 Å². The predicted molar refractivity (Wildman–Crippen MR) is 110 cm³/mol. The number of carbonyl (C=O) groups is 1. The molecule has 0 aliphatic heterocycles. The Labute approximate surface area is 178 Å². The van der Waals surface area contributed by atoms with Crippen molar-refractivity contribution >= 4 is 5.97 Å². The number of hydrogen-bond donors (Lipinski definition) is 0. The molecule has 0 fully saturated rings. The lowest BCUT2D eigenvalue weighted by molar-refractivity contribution is 0.0462. The predicted octanol–water partition coefficient (Wildman–Crippen LogP) is 3.97. The lowest BCUT2D eigenvalue weighted by Gasteiger charge is -2.09. The molecule has 0 radical (unpaired) electrons. The van der Waals surface area contributed by atoms with Gasteiger partial charge < -0.3 is 9.15 Å². The Kier molecular flexibility index (Phi) is 5.13. The number of carbonyl (C=O) groups excluding carboxylic acids is 1. The van der Waals surface area contributed by atoms with Gasteiger partial charge in [0.15, 0.2) is 0 Å². The Morgan fingerprint density at radius 1 is 1.06 bits per heavy atom. The first-order valence-electron chi connectivity index (χ1n) is 9.43. The van der Waals surface area contributed by atoms with Gasteiger partial charge >= 0.3 is 5.97 Å². The van der Waals surface area contributed by atoms with Gasteiger partial charge in [0.05, 0.1) is 17.1 Å². The minimum Gasteiger partial charge on any atom is -0.455 e. The topological polar surface area (TPSA) is 110 Å². The SMILES string of the molecule is Cc1nn(-c2ccccc2)c(COC(=O)c2c(C)oc(-n3cccc3)c2C#N)c1C#N. The molecule has 0 aliphatic rings. The molecule has 8 nitrogen and oxygen atoms in total. The standard InChI is InChI=1S/C23H17N5O3/c1-15-18(12-24)20(28(26-15)17-8-4-3-5-9-17)14-30-23(29)21-16(2)31-22(19(21)13-25)27-10-6-7-11-27/h3-11H,14H2,1-2H3. The monoisotopic (exact) mass is 411 g/mol. The molecule has 0 bridgehead atoms. The van der Waals surface area contributed by atoms with Crippen LogP contribution < -0.4 is 0 Å². The van der Waals surface area contributed by atoms with E-state index >= 15 is 0 Å². The highest BCUT2D eigenvalue weighted by molar-refractivity contribution is 5.94. The molecule has 8 heteroatoms. The van der Waals surface area contributed by atoms with Gasteiger partial charge in [-0.15, -0.1) is 0 Å². The van der Waals surface area contributed by atoms with Crippen LogP contribution in [0.25, 0.3) is 11.6 Å². The number of hydrogen-bond acceptors (Lipinski definition) is 6. The van der Waals surface area contributed by atoms with E-state index in [1.165, 1.54) is 0 Å². The van der Waals surface area contributed by atoms with Crippen LogP contribution in [0.4, 0.5) is 0 Å². The zero-order valence-corrected chi connectivity index (χ0v) is 16.9. The number of furan rings is 1. The zero-order chi connectivity index (χ0) is 22.0. The van der Waals surface area contributed by atoms with Crippen LogP contribution in [-0.4, -0.2) is 20.3 Å². The normalized spacial score (nSPS) is 10.5. The maximum atomic E-state index is 12.9. The number of aromatic nitrogens is 3. The molecule has 0 spiro atoms. The van der Waals surface area contributed by atoms with Gasteiger partial charge in [0.1, 0.15) is 41.2 Å². The summed E-state index contributed by atoms with van der Waals surface area (Å²) in [6.07, 6.45) is 3.43. The number of nitrogens with zero attached hydrogens (tertiary/aromatic N) is 5. The van der Waals surface area contributed by atoms with Crippen molar-refractivity contribution in [2.24, 2.45) is 0 Å². The van der Waals surface area contributed by atoms with Crippen LogP contribution >= 0.6 is 0 Å². The molecule has 1 aromatic carbocycles. The molecule has 0 atom stereocenters. The lowest BCUT2D eigenvalue weighted by atomic mass is 10.1. The fourth-order valence-electron chi connectivity index (χ4n) is 3.37. The number of esters is 1. The summed E-state index contributed by atoms with van der Waals surface area (Å²) < 4.78 is 14.4. The number of rotatable bonds is 5. The molecule has 0 amide bonds. The highest BCUT2D eigenvalue weighted by atomic mass is 16.5. The third-order valence-electron chi connectivity index (χ3n) is 4.83. The van der Waals surface area contributed by atoms with Crippen molar-refractivity contribution in [1.29, 1.82) is 10.5 Å². The summed E-state index contributed by atoms with van der Waals surface area (Å²) in [5, 5.41) is 23.6. The first-order valence-corrected chi connectivity index (χ1v) is 9.43. The average Bonchev–Trinajstić information content (AvgIpc) is 3.49. The van der Waals surface area contributed by atoms with E-state index in [4.69, 9.17) is 9.15 Å². The van der Waals surface area contributed by atoms with Crippen molar-refractivity contribution in [2.75, 3.05) is 0 Å². The second-order valence-corrected chi connectivity index (χ2v) is 6.76. The fourth-order valence-corrected chi connectivity index (χ4v) is 3.37. The van der Waals surface area contributed by atoms with E-state index in [2.05, 4.69) is 11.2 Å². The third-order valence-corrected chi connectivity index (χ3v) is 4.83. The van der Waals surface area contributed by atoms with Crippen LogP contribution in [0.15, 0.2) is 59.3 Å². The van der Waals surface area contributed by atoms with Crippen molar-refractivity contribution < 1.29 is 13.9 Å². The molecule has 4 rings (SSSR count). The summed E-state index contributed by atoms with van der Waals surface area (Å²) in [6, 6.07) is 17.0. The van der Waals surface area contributed by atoms with Crippen LogP contribution in [-0.2, 0) is 11.3 Å². The van der Waals surface area contributed by atoms with Gasteiger partial charge in [-0.1, -0.05) is 18.2 Å². The second kappa shape index (κ2) is 8.05. The molecule has 0 aliphatic carbocycles. The van der Waals surface area contributed by atoms with Crippen LogP contribution in [0, 0.1) is 36.5 Å². The van der Waals surface area contributed by atoms with E-state index in [-0.39, 0.29) is 29.4 Å². The molecule has 0 saturated heterocycles. The first kappa shape index (κ1) is 19.7. The van der Waals surface area contributed by atoms with Crippen molar-refractivity contribution in [2.45, 2.75) is 20.5 Å². The van der Waals surface area contributed by atoms with E-state index in [0.717, 1.165) is 5.69 Å². The second-order valence-electron chi connectivity index (χ2n) is 6.76. The first-order chi connectivity index (χ1) is 15.0. The summed E-state index contributed by atoms with van der Waals surface area (Å²) in [5.41, 5.74) is 2.22. The largest absolute Gasteiger partial charge is 0.455 e. The smallest absolute Gasteiger partial charge is 0.343 e. The van der Waals surface area contributed by atoms with Crippen LogP contribution in [0.3, 0.4) is 0 Å². The average molecular weight is 411 g/mol. The van der Waals surface area contributed by atoms with Crippen molar-refractivity contribution in [3.05, 3.63) is 88.7 Å². The highest BCUT2D eigenvalue weighted by Gasteiger charge is 2.27. The molecule has 3 heterocycles. The quantitative estimate of drug-likeness (QED) is 0.460. The summed E-state index contributed by atoms with van der Waals surface area (Å²) in [6.45, 7) is 3.13. The molecule has 3 aromatic heterocycles. The van der Waals surface area contributed by atoms with Gasteiger partial charge in [0, 0.05) is 12.4 Å². The molecule has 152 valence electrons. The maximum absolute atomic E-state index is 12.9. The lowest BCUT2D eigenvalue weighted by Crippen LogP contribution is -2.11. The Morgan fingerprint density at radius 2 is 1.74 bits per heavy atom. The van der Waals surface area contributed by atoms with Gasteiger partial charge in [0.25, 0.3) is 0 Å². The van der Waals surface area contributed by atoms with Gasteiger partial charge in [-0.3, -0.25) is 4.57 Å². The summed E-state index contributed by atoms with van der Waals surface area (Å²) >= 11 is 0. The molecule has 4 aromatic rings. The maximum Gasteiger partial charge on any atom is 0.343 e. The summed E-state index contributed by atoms with van der Waals surface area (Å²) in [7, 11) is 0.